The van der Waals surface area contributed by atoms with Gasteiger partial charge in [-0.1, -0.05) is 18.2 Å². The average Bonchev–Trinajstić information content (AvgIpc) is 3.22. The lowest BCUT2D eigenvalue weighted by Crippen LogP contribution is -2.37. The number of carbonyl (C=O) groups excluding carboxylic acids is 1. The number of nitrogens with zero attached hydrogens (tertiary/aromatic N) is 2. The van der Waals surface area contributed by atoms with Gasteiger partial charge in [0.05, 0.1) is 36.0 Å². The fourth-order valence-electron chi connectivity index (χ4n) is 3.90. The second kappa shape index (κ2) is 8.17. The molecular formula is C23H23FN2O3. The molecule has 2 heterocycles. The maximum Gasteiger partial charge on any atom is 0.254 e. The highest BCUT2D eigenvalue weighted by Crippen LogP contribution is 2.30. The molecule has 1 aliphatic heterocycles. The highest BCUT2D eigenvalue weighted by Gasteiger charge is 2.30. The number of carbonyl (C=O) groups is 1. The summed E-state index contributed by atoms with van der Waals surface area (Å²) in [5.41, 5.74) is 1.81. The van der Waals surface area contributed by atoms with Crippen LogP contribution < -0.4 is 4.74 Å². The minimum atomic E-state index is -0.452. The predicted molar refractivity (Wildman–Crippen MR) is 109 cm³/mol. The van der Waals surface area contributed by atoms with Gasteiger partial charge in [-0.15, -0.1) is 0 Å². The molecule has 6 heteroatoms. The van der Waals surface area contributed by atoms with Gasteiger partial charge in [-0.2, -0.15) is 0 Å². The molecule has 1 saturated heterocycles. The third-order valence-electron chi connectivity index (χ3n) is 5.32. The quantitative estimate of drug-likeness (QED) is 0.710. The maximum atomic E-state index is 14.8. The lowest BCUT2D eigenvalue weighted by Gasteiger charge is -2.24. The second-order valence-electron chi connectivity index (χ2n) is 7.12. The van der Waals surface area contributed by atoms with Crippen molar-refractivity contribution < 1.29 is 19.0 Å². The van der Waals surface area contributed by atoms with E-state index in [2.05, 4.69) is 4.98 Å². The minimum absolute atomic E-state index is 0.0604. The summed E-state index contributed by atoms with van der Waals surface area (Å²) in [5.74, 6) is -0.159. The van der Waals surface area contributed by atoms with Crippen molar-refractivity contribution in [3.8, 4) is 17.0 Å². The van der Waals surface area contributed by atoms with E-state index in [-0.39, 0.29) is 18.6 Å². The maximum absolute atomic E-state index is 14.8. The summed E-state index contributed by atoms with van der Waals surface area (Å²) in [6.07, 6.45) is 1.64. The fourth-order valence-corrected chi connectivity index (χ4v) is 3.90. The van der Waals surface area contributed by atoms with Crippen molar-refractivity contribution in [2.75, 3.05) is 19.8 Å². The van der Waals surface area contributed by atoms with E-state index in [1.165, 1.54) is 6.07 Å². The Morgan fingerprint density at radius 3 is 2.86 bits per heavy atom. The molecule has 5 nitrogen and oxygen atoms in total. The average molecular weight is 394 g/mol. The zero-order valence-electron chi connectivity index (χ0n) is 16.3. The summed E-state index contributed by atoms with van der Waals surface area (Å²) < 4.78 is 20.1. The number of fused-ring (bicyclic) bond motifs is 1. The van der Waals surface area contributed by atoms with Gasteiger partial charge in [-0.25, -0.2) is 9.37 Å². The summed E-state index contributed by atoms with van der Waals surface area (Å²) in [6.45, 7) is 2.84. The van der Waals surface area contributed by atoms with Gasteiger partial charge in [0, 0.05) is 23.6 Å². The van der Waals surface area contributed by atoms with Crippen LogP contribution in [-0.4, -0.2) is 46.7 Å². The summed E-state index contributed by atoms with van der Waals surface area (Å²) in [5, 5.41) is 10.3. The molecule has 0 radical (unpaired) electrons. The molecular weight excluding hydrogens is 371 g/mol. The molecule has 29 heavy (non-hydrogen) atoms. The lowest BCUT2D eigenvalue weighted by molar-refractivity contribution is 0.0679. The van der Waals surface area contributed by atoms with E-state index in [9.17, 15) is 14.3 Å². The molecule has 1 aromatic heterocycles. The predicted octanol–water partition coefficient (Wildman–Crippen LogP) is 4.04. The minimum Gasteiger partial charge on any atom is -0.494 e. The number of hydrogen-bond acceptors (Lipinski definition) is 4. The third kappa shape index (κ3) is 3.68. The monoisotopic (exact) mass is 394 g/mol. The first-order valence-corrected chi connectivity index (χ1v) is 9.86. The number of ether oxygens (including phenoxy) is 1. The Hall–Kier alpha value is -2.99. The van der Waals surface area contributed by atoms with Gasteiger partial charge >= 0.3 is 0 Å². The Morgan fingerprint density at radius 1 is 1.28 bits per heavy atom. The van der Waals surface area contributed by atoms with Crippen LogP contribution in [0.25, 0.3) is 22.2 Å². The topological polar surface area (TPSA) is 62.7 Å². The van der Waals surface area contributed by atoms with Crippen LogP contribution in [0.1, 0.15) is 30.1 Å². The number of aromatic nitrogens is 1. The molecule has 0 spiro atoms. The number of aliphatic hydroxyl groups excluding tert-OH is 1. The van der Waals surface area contributed by atoms with E-state index in [4.69, 9.17) is 4.74 Å². The van der Waals surface area contributed by atoms with E-state index in [0.29, 0.717) is 41.2 Å². The SMILES string of the molecule is CCOc1ccc(-c2cc(C(=O)N3CCC[C@@H]3CO)c3ccccc3n2)c(F)c1. The number of hydrogen-bond donors (Lipinski definition) is 1. The van der Waals surface area contributed by atoms with Crippen LogP contribution in [0, 0.1) is 5.82 Å². The molecule has 1 aliphatic rings. The van der Waals surface area contributed by atoms with Crippen LogP contribution in [-0.2, 0) is 0 Å². The highest BCUT2D eigenvalue weighted by atomic mass is 19.1. The Labute approximate surface area is 168 Å². The number of likely N-dealkylation sites (tertiary alicyclic amines) is 1. The normalized spacial score (nSPS) is 16.4. The highest BCUT2D eigenvalue weighted by molar-refractivity contribution is 6.07. The van der Waals surface area contributed by atoms with Crippen molar-refractivity contribution in [1.29, 1.82) is 0 Å². The number of aliphatic hydroxyl groups is 1. The van der Waals surface area contributed by atoms with Crippen LogP contribution in [0.5, 0.6) is 5.75 Å². The van der Waals surface area contributed by atoms with Crippen LogP contribution in [0.2, 0.25) is 0 Å². The van der Waals surface area contributed by atoms with Gasteiger partial charge in [0.1, 0.15) is 11.6 Å². The van der Waals surface area contributed by atoms with Gasteiger partial charge in [0.2, 0.25) is 0 Å². The first-order chi connectivity index (χ1) is 14.1. The molecule has 4 rings (SSSR count). The molecule has 1 atom stereocenters. The molecule has 0 unspecified atom stereocenters. The van der Waals surface area contributed by atoms with E-state index in [1.54, 1.807) is 23.1 Å². The molecule has 1 amide bonds. The van der Waals surface area contributed by atoms with Crippen LogP contribution in [0.15, 0.2) is 48.5 Å². The van der Waals surface area contributed by atoms with Crippen molar-refractivity contribution in [1.82, 2.24) is 9.88 Å². The van der Waals surface area contributed by atoms with Gasteiger partial charge < -0.3 is 14.7 Å². The lowest BCUT2D eigenvalue weighted by atomic mass is 10.0. The molecule has 2 aromatic carbocycles. The van der Waals surface area contributed by atoms with Crippen molar-refractivity contribution in [2.24, 2.45) is 0 Å². The number of pyridine rings is 1. The summed E-state index contributed by atoms with van der Waals surface area (Å²) in [7, 11) is 0. The first kappa shape index (κ1) is 19.3. The van der Waals surface area contributed by atoms with Crippen LogP contribution >= 0.6 is 0 Å². The van der Waals surface area contributed by atoms with Crippen LogP contribution in [0.4, 0.5) is 4.39 Å². The molecule has 0 aliphatic carbocycles. The zero-order chi connectivity index (χ0) is 20.4. The van der Waals surface area contributed by atoms with E-state index < -0.39 is 5.82 Å². The second-order valence-corrected chi connectivity index (χ2v) is 7.12. The summed E-state index contributed by atoms with van der Waals surface area (Å²) >= 11 is 0. The van der Waals surface area contributed by atoms with Gasteiger partial charge in [-0.3, -0.25) is 4.79 Å². The van der Waals surface area contributed by atoms with Crippen molar-refractivity contribution in [2.45, 2.75) is 25.8 Å². The van der Waals surface area contributed by atoms with Gasteiger partial charge in [0.25, 0.3) is 5.91 Å². The Kier molecular flexibility index (Phi) is 5.45. The van der Waals surface area contributed by atoms with E-state index >= 15 is 0 Å². The number of amides is 1. The third-order valence-corrected chi connectivity index (χ3v) is 5.32. The molecule has 0 bridgehead atoms. The van der Waals surface area contributed by atoms with E-state index in [0.717, 1.165) is 18.2 Å². The molecule has 1 fully saturated rings. The Bertz CT molecular complexity index is 1050. The first-order valence-electron chi connectivity index (χ1n) is 9.86. The zero-order valence-corrected chi connectivity index (χ0v) is 16.3. The smallest absolute Gasteiger partial charge is 0.254 e. The number of rotatable bonds is 5. The summed E-state index contributed by atoms with van der Waals surface area (Å²) in [6, 6.07) is 13.5. The van der Waals surface area contributed by atoms with Crippen molar-refractivity contribution in [3.63, 3.8) is 0 Å². The number of benzene rings is 2. The molecule has 3 aromatic rings. The van der Waals surface area contributed by atoms with Crippen molar-refractivity contribution in [3.05, 3.63) is 59.9 Å². The molecule has 1 N–H and O–H groups in total. The number of para-hydroxylation sites is 1. The fraction of sp³-hybridized carbons (Fsp3) is 0.304. The molecule has 150 valence electrons. The number of halogens is 1. The van der Waals surface area contributed by atoms with E-state index in [1.807, 2.05) is 31.2 Å². The standard InChI is InChI=1S/C23H23FN2O3/c1-2-29-16-9-10-18(20(24)12-16)22-13-19(17-7-3-4-8-21(17)25-22)23(28)26-11-5-6-15(26)14-27/h3-4,7-10,12-13,15,27H,2,5-6,11,14H2,1H3/t15-/m1/s1. The molecule has 0 saturated carbocycles. The van der Waals surface area contributed by atoms with Gasteiger partial charge in [-0.05, 0) is 44.0 Å². The summed E-state index contributed by atoms with van der Waals surface area (Å²) in [4.78, 5) is 19.6. The van der Waals surface area contributed by atoms with Crippen LogP contribution in [0.3, 0.4) is 0 Å². The van der Waals surface area contributed by atoms with Crippen molar-refractivity contribution >= 4 is 16.8 Å². The largest absolute Gasteiger partial charge is 0.494 e. The Balaban J connectivity index is 1.82. The Morgan fingerprint density at radius 2 is 2.10 bits per heavy atom. The van der Waals surface area contributed by atoms with Gasteiger partial charge in [0.15, 0.2) is 0 Å².